The van der Waals surface area contributed by atoms with Gasteiger partial charge in [-0.1, -0.05) is 0 Å². The largest absolute Gasteiger partial charge is 0.497 e. The number of carbonyl (C=O) groups excluding carboxylic acids is 1. The van der Waals surface area contributed by atoms with Crippen LogP contribution in [0.25, 0.3) is 0 Å². The second kappa shape index (κ2) is 9.08. The maximum atomic E-state index is 12.8. The van der Waals surface area contributed by atoms with Gasteiger partial charge in [0.1, 0.15) is 17.3 Å². The molecule has 0 radical (unpaired) electrons. The van der Waals surface area contributed by atoms with E-state index in [0.717, 1.165) is 22.6 Å². The van der Waals surface area contributed by atoms with Gasteiger partial charge in [-0.3, -0.25) is 9.78 Å². The zero-order valence-electron chi connectivity index (χ0n) is 16.3. The van der Waals surface area contributed by atoms with Gasteiger partial charge in [-0.05, 0) is 55.0 Å². The van der Waals surface area contributed by atoms with Crippen molar-refractivity contribution in [2.45, 2.75) is 19.9 Å². The Hall–Kier alpha value is -3.28. The van der Waals surface area contributed by atoms with Crippen molar-refractivity contribution in [3.8, 4) is 11.5 Å². The molecule has 0 saturated carbocycles. The minimum absolute atomic E-state index is 0.136. The van der Waals surface area contributed by atoms with Crippen LogP contribution in [0.5, 0.6) is 11.5 Å². The highest BCUT2D eigenvalue weighted by atomic mass is 16.5. The van der Waals surface area contributed by atoms with Crippen LogP contribution in [0.4, 0.5) is 0 Å². The van der Waals surface area contributed by atoms with Crippen molar-refractivity contribution in [1.29, 1.82) is 0 Å². The summed E-state index contributed by atoms with van der Waals surface area (Å²) in [5.41, 5.74) is 1.96. The molecule has 2 heterocycles. The molecular weight excluding hydrogens is 356 g/mol. The Balaban J connectivity index is 1.75. The fraction of sp³-hybridized carbons (Fsp3) is 0.273. The Morgan fingerprint density at radius 1 is 1.07 bits per heavy atom. The third-order valence-electron chi connectivity index (χ3n) is 4.52. The summed E-state index contributed by atoms with van der Waals surface area (Å²) in [5, 5.41) is 0. The van der Waals surface area contributed by atoms with E-state index >= 15 is 0 Å². The molecule has 0 spiro atoms. The van der Waals surface area contributed by atoms with Crippen molar-refractivity contribution in [1.82, 2.24) is 9.88 Å². The molecule has 0 aliphatic rings. The van der Waals surface area contributed by atoms with Gasteiger partial charge in [-0.2, -0.15) is 0 Å². The standard InChI is InChI=1S/C22H24N2O4/c1-4-24(15-16-9-11-23-12-10-16)22(25)21-8-6-19(28-21)14-17-13-18(26-2)5-7-20(17)27-3/h5-13H,4,14-15H2,1-3H3. The highest BCUT2D eigenvalue weighted by Gasteiger charge is 2.19. The molecule has 1 amide bonds. The Kier molecular flexibility index (Phi) is 6.32. The minimum Gasteiger partial charge on any atom is -0.497 e. The lowest BCUT2D eigenvalue weighted by molar-refractivity contribution is 0.0718. The average molecular weight is 380 g/mol. The lowest BCUT2D eigenvalue weighted by atomic mass is 10.1. The summed E-state index contributed by atoms with van der Waals surface area (Å²) in [5.74, 6) is 2.37. The second-order valence-electron chi connectivity index (χ2n) is 6.30. The van der Waals surface area contributed by atoms with Gasteiger partial charge < -0.3 is 18.8 Å². The number of pyridine rings is 1. The van der Waals surface area contributed by atoms with Crippen LogP contribution in [0.15, 0.2) is 59.3 Å². The lowest BCUT2D eigenvalue weighted by Crippen LogP contribution is -2.30. The van der Waals surface area contributed by atoms with Crippen LogP contribution in [0.1, 0.15) is 34.4 Å². The Morgan fingerprint density at radius 3 is 2.54 bits per heavy atom. The van der Waals surface area contributed by atoms with Gasteiger partial charge in [0.05, 0.1) is 14.2 Å². The number of furan rings is 1. The van der Waals surface area contributed by atoms with E-state index in [1.54, 1.807) is 37.6 Å². The summed E-state index contributed by atoms with van der Waals surface area (Å²) in [6.07, 6.45) is 3.95. The third-order valence-corrected chi connectivity index (χ3v) is 4.52. The van der Waals surface area contributed by atoms with E-state index in [-0.39, 0.29) is 5.91 Å². The molecule has 0 atom stereocenters. The highest BCUT2D eigenvalue weighted by molar-refractivity contribution is 5.91. The first-order valence-electron chi connectivity index (χ1n) is 9.12. The van der Waals surface area contributed by atoms with Gasteiger partial charge in [-0.25, -0.2) is 0 Å². The van der Waals surface area contributed by atoms with Gasteiger partial charge in [-0.15, -0.1) is 0 Å². The molecule has 2 aromatic heterocycles. The van der Waals surface area contributed by atoms with Crippen LogP contribution in [-0.2, 0) is 13.0 Å². The summed E-state index contributed by atoms with van der Waals surface area (Å²) < 4.78 is 16.5. The first-order chi connectivity index (χ1) is 13.6. The molecule has 0 unspecified atom stereocenters. The van der Waals surface area contributed by atoms with E-state index in [4.69, 9.17) is 13.9 Å². The fourth-order valence-corrected chi connectivity index (χ4v) is 2.99. The van der Waals surface area contributed by atoms with E-state index in [0.29, 0.717) is 31.0 Å². The van der Waals surface area contributed by atoms with Crippen molar-refractivity contribution in [3.63, 3.8) is 0 Å². The van der Waals surface area contributed by atoms with Gasteiger partial charge in [0, 0.05) is 37.5 Å². The molecule has 6 nitrogen and oxygen atoms in total. The highest BCUT2D eigenvalue weighted by Crippen LogP contribution is 2.27. The summed E-state index contributed by atoms with van der Waals surface area (Å²) in [6, 6.07) is 13.0. The number of benzene rings is 1. The SMILES string of the molecule is CCN(Cc1ccncc1)C(=O)c1ccc(Cc2cc(OC)ccc2OC)o1. The lowest BCUT2D eigenvalue weighted by Gasteiger charge is -2.19. The Bertz CT molecular complexity index is 921. The molecule has 146 valence electrons. The molecule has 0 aliphatic heterocycles. The summed E-state index contributed by atoms with van der Waals surface area (Å²) in [6.45, 7) is 3.04. The summed E-state index contributed by atoms with van der Waals surface area (Å²) in [4.78, 5) is 18.6. The molecule has 3 aromatic rings. The molecule has 3 rings (SSSR count). The van der Waals surface area contributed by atoms with E-state index in [2.05, 4.69) is 4.98 Å². The first-order valence-corrected chi connectivity index (χ1v) is 9.12. The molecule has 28 heavy (non-hydrogen) atoms. The van der Waals surface area contributed by atoms with Crippen LogP contribution < -0.4 is 9.47 Å². The topological polar surface area (TPSA) is 64.8 Å². The fourth-order valence-electron chi connectivity index (χ4n) is 2.99. The Labute approximate surface area is 164 Å². The van der Waals surface area contributed by atoms with Crippen LogP contribution in [0.2, 0.25) is 0 Å². The molecule has 1 aromatic carbocycles. The zero-order chi connectivity index (χ0) is 19.9. The number of aromatic nitrogens is 1. The van der Waals surface area contributed by atoms with Crippen molar-refractivity contribution in [2.75, 3.05) is 20.8 Å². The van der Waals surface area contributed by atoms with Crippen molar-refractivity contribution >= 4 is 5.91 Å². The van der Waals surface area contributed by atoms with Gasteiger partial charge in [0.15, 0.2) is 5.76 Å². The molecule has 0 aliphatic carbocycles. The predicted molar refractivity (Wildman–Crippen MR) is 106 cm³/mol. The minimum atomic E-state index is -0.136. The number of hydrogen-bond donors (Lipinski definition) is 0. The van der Waals surface area contributed by atoms with Crippen molar-refractivity contribution in [3.05, 3.63) is 77.5 Å². The number of nitrogens with zero attached hydrogens (tertiary/aromatic N) is 2. The van der Waals surface area contributed by atoms with Crippen LogP contribution >= 0.6 is 0 Å². The van der Waals surface area contributed by atoms with Crippen LogP contribution in [0, 0.1) is 0 Å². The maximum Gasteiger partial charge on any atom is 0.289 e. The summed E-state index contributed by atoms with van der Waals surface area (Å²) in [7, 11) is 3.25. The number of ether oxygens (including phenoxy) is 2. The predicted octanol–water partition coefficient (Wildman–Crippen LogP) is 3.94. The normalized spacial score (nSPS) is 10.5. The molecule has 0 saturated heterocycles. The van der Waals surface area contributed by atoms with Gasteiger partial charge in [0.2, 0.25) is 0 Å². The van der Waals surface area contributed by atoms with E-state index in [9.17, 15) is 4.79 Å². The summed E-state index contributed by atoms with van der Waals surface area (Å²) >= 11 is 0. The number of rotatable bonds is 8. The van der Waals surface area contributed by atoms with E-state index in [1.807, 2.05) is 43.3 Å². The van der Waals surface area contributed by atoms with E-state index < -0.39 is 0 Å². The van der Waals surface area contributed by atoms with Crippen molar-refractivity contribution < 1.29 is 18.7 Å². The van der Waals surface area contributed by atoms with Gasteiger partial charge in [0.25, 0.3) is 5.91 Å². The average Bonchev–Trinajstić information content (AvgIpc) is 3.20. The molecule has 0 N–H and O–H groups in total. The van der Waals surface area contributed by atoms with Crippen LogP contribution in [0.3, 0.4) is 0 Å². The number of hydrogen-bond acceptors (Lipinski definition) is 5. The van der Waals surface area contributed by atoms with Crippen molar-refractivity contribution in [2.24, 2.45) is 0 Å². The smallest absolute Gasteiger partial charge is 0.289 e. The number of amides is 1. The first kappa shape index (κ1) is 19.5. The zero-order valence-corrected chi connectivity index (χ0v) is 16.3. The van der Waals surface area contributed by atoms with E-state index in [1.165, 1.54) is 0 Å². The monoisotopic (exact) mass is 380 g/mol. The van der Waals surface area contributed by atoms with Crippen LogP contribution in [-0.4, -0.2) is 36.6 Å². The molecular formula is C22H24N2O4. The second-order valence-corrected chi connectivity index (χ2v) is 6.30. The molecule has 6 heteroatoms. The quantitative estimate of drug-likeness (QED) is 0.592. The number of carbonyl (C=O) groups is 1. The molecule has 0 bridgehead atoms. The third kappa shape index (κ3) is 4.52. The van der Waals surface area contributed by atoms with Gasteiger partial charge >= 0.3 is 0 Å². The Morgan fingerprint density at radius 2 is 1.86 bits per heavy atom. The maximum absolute atomic E-state index is 12.8. The number of methoxy groups -OCH3 is 2. The molecule has 0 fully saturated rings.